The van der Waals surface area contributed by atoms with Gasteiger partial charge in [-0.15, -0.1) is 0 Å². The van der Waals surface area contributed by atoms with Crippen LogP contribution in [0.1, 0.15) is 23.1 Å². The highest BCUT2D eigenvalue weighted by atomic mass is 16.1. The molecule has 0 atom stereocenters. The fourth-order valence-corrected chi connectivity index (χ4v) is 4.04. The molecule has 1 fully saturated rings. The predicted octanol–water partition coefficient (Wildman–Crippen LogP) is 3.50. The van der Waals surface area contributed by atoms with Crippen molar-refractivity contribution in [3.05, 3.63) is 72.6 Å². The molecular weight excluding hydrogens is 468 g/mol. The van der Waals surface area contributed by atoms with Gasteiger partial charge in [0.1, 0.15) is 0 Å². The average molecular weight is 501 g/mol. The van der Waals surface area contributed by atoms with Crippen LogP contribution in [-0.2, 0) is 11.2 Å². The number of carbonyl (C=O) groups is 2. The van der Waals surface area contributed by atoms with Gasteiger partial charge in [0.15, 0.2) is 17.3 Å². The van der Waals surface area contributed by atoms with E-state index in [0.29, 0.717) is 29.3 Å². The number of nitrogens with zero attached hydrogens (tertiary/aromatic N) is 4. The van der Waals surface area contributed by atoms with Crippen molar-refractivity contribution >= 4 is 46.2 Å². The Bertz CT molecular complexity index is 1280. The van der Waals surface area contributed by atoms with Crippen molar-refractivity contribution in [2.24, 2.45) is 5.73 Å². The number of carbonyl (C=O) groups excluding carboxylic acids is 2. The Morgan fingerprint density at radius 2 is 1.65 bits per heavy atom. The van der Waals surface area contributed by atoms with Crippen molar-refractivity contribution in [1.29, 1.82) is 0 Å². The van der Waals surface area contributed by atoms with Crippen molar-refractivity contribution < 1.29 is 9.59 Å². The number of piperazine rings is 1. The van der Waals surface area contributed by atoms with Crippen molar-refractivity contribution in [3.63, 3.8) is 0 Å². The average Bonchev–Trinajstić information content (AvgIpc) is 2.90. The molecule has 2 amide bonds. The normalized spacial score (nSPS) is 13.6. The van der Waals surface area contributed by atoms with E-state index in [4.69, 9.17) is 5.73 Å². The van der Waals surface area contributed by atoms with Gasteiger partial charge in [-0.3, -0.25) is 9.59 Å². The van der Waals surface area contributed by atoms with Gasteiger partial charge in [0.25, 0.3) is 5.91 Å². The number of anilines is 6. The summed E-state index contributed by atoms with van der Waals surface area (Å²) in [6, 6.07) is 15.2. The maximum absolute atomic E-state index is 12.2. The quantitative estimate of drug-likeness (QED) is 0.329. The van der Waals surface area contributed by atoms with Crippen molar-refractivity contribution in [1.82, 2.24) is 14.9 Å². The van der Waals surface area contributed by atoms with Gasteiger partial charge in [-0.25, -0.2) is 9.97 Å². The van der Waals surface area contributed by atoms with E-state index in [1.165, 1.54) is 6.08 Å². The van der Waals surface area contributed by atoms with Crippen LogP contribution in [0.5, 0.6) is 0 Å². The first-order valence-electron chi connectivity index (χ1n) is 12.2. The number of aryl methyl sites for hydroxylation is 1. The second kappa shape index (κ2) is 11.5. The molecule has 37 heavy (non-hydrogen) atoms. The van der Waals surface area contributed by atoms with E-state index in [9.17, 15) is 9.59 Å². The van der Waals surface area contributed by atoms with Crippen molar-refractivity contribution in [2.75, 3.05) is 54.1 Å². The number of primary amides is 1. The van der Waals surface area contributed by atoms with Gasteiger partial charge in [0, 0.05) is 48.9 Å². The topological polar surface area (TPSA) is 129 Å². The number of hydrogen-bond donors (Lipinski definition) is 4. The summed E-state index contributed by atoms with van der Waals surface area (Å²) in [5, 5.41) is 9.19. The van der Waals surface area contributed by atoms with Crippen LogP contribution in [0.4, 0.5) is 34.4 Å². The van der Waals surface area contributed by atoms with Crippen LogP contribution < -0.4 is 26.6 Å². The van der Waals surface area contributed by atoms with Gasteiger partial charge < -0.3 is 31.5 Å². The zero-order valence-electron chi connectivity index (χ0n) is 21.1. The van der Waals surface area contributed by atoms with Crippen LogP contribution in [-0.4, -0.2) is 59.9 Å². The summed E-state index contributed by atoms with van der Waals surface area (Å²) in [7, 11) is 2.13. The smallest absolute Gasteiger partial charge is 0.271 e. The summed E-state index contributed by atoms with van der Waals surface area (Å²) in [6.45, 7) is 9.41. The summed E-state index contributed by atoms with van der Waals surface area (Å²) in [4.78, 5) is 37.7. The first-order valence-corrected chi connectivity index (χ1v) is 12.2. The zero-order chi connectivity index (χ0) is 26.4. The van der Waals surface area contributed by atoms with Gasteiger partial charge in [-0.05, 0) is 62.0 Å². The van der Waals surface area contributed by atoms with E-state index >= 15 is 0 Å². The fourth-order valence-electron chi connectivity index (χ4n) is 4.04. The summed E-state index contributed by atoms with van der Waals surface area (Å²) < 4.78 is 0. The first kappa shape index (κ1) is 25.6. The molecule has 3 aromatic rings. The molecule has 1 aromatic heterocycles. The molecule has 0 aliphatic carbocycles. The molecule has 1 aliphatic heterocycles. The van der Waals surface area contributed by atoms with Gasteiger partial charge in [0.05, 0.1) is 5.69 Å². The molecule has 2 aromatic carbocycles. The second-order valence-electron chi connectivity index (χ2n) is 8.80. The Labute approximate surface area is 216 Å². The fraction of sp³-hybridized carbons (Fsp3) is 0.259. The number of hydrogen-bond acceptors (Lipinski definition) is 8. The molecule has 1 aliphatic rings. The minimum Gasteiger partial charge on any atom is -0.369 e. The molecule has 2 heterocycles. The van der Waals surface area contributed by atoms with Crippen LogP contribution in [0.25, 0.3) is 0 Å². The third-order valence-corrected chi connectivity index (χ3v) is 6.11. The molecule has 10 nitrogen and oxygen atoms in total. The molecule has 4 rings (SSSR count). The lowest BCUT2D eigenvalue weighted by Gasteiger charge is -2.34. The van der Waals surface area contributed by atoms with Crippen molar-refractivity contribution in [2.45, 2.75) is 13.3 Å². The van der Waals surface area contributed by atoms with Gasteiger partial charge in [0.2, 0.25) is 5.91 Å². The van der Waals surface area contributed by atoms with Crippen LogP contribution >= 0.6 is 0 Å². The van der Waals surface area contributed by atoms with E-state index < -0.39 is 5.91 Å². The maximum atomic E-state index is 12.2. The number of aromatic nitrogens is 2. The molecular formula is C27H32N8O2. The molecule has 0 saturated carbocycles. The summed E-state index contributed by atoms with van der Waals surface area (Å²) in [5.74, 6) is -0.228. The van der Waals surface area contributed by atoms with Gasteiger partial charge >= 0.3 is 0 Å². The number of amides is 2. The lowest BCUT2D eigenvalue weighted by Crippen LogP contribution is -2.44. The highest BCUT2D eigenvalue weighted by molar-refractivity contribution is 5.99. The SMILES string of the molecule is C=CC(=O)Nc1cccc(Nc2nc(Nc3ccc(N4CCN(C)CC4)cc3)c(C(N)=O)nc2CC)c1. The number of nitrogens with two attached hydrogens (primary N) is 1. The third-order valence-electron chi connectivity index (χ3n) is 6.11. The van der Waals surface area contributed by atoms with Crippen LogP contribution in [0, 0.1) is 0 Å². The van der Waals surface area contributed by atoms with E-state index in [1.807, 2.05) is 37.3 Å². The molecule has 5 N–H and O–H groups in total. The lowest BCUT2D eigenvalue weighted by atomic mass is 10.2. The Hall–Kier alpha value is -4.44. The van der Waals surface area contributed by atoms with Crippen LogP contribution in [0.3, 0.4) is 0 Å². The molecule has 0 spiro atoms. The summed E-state index contributed by atoms with van der Waals surface area (Å²) in [5.41, 5.74) is 9.51. The monoisotopic (exact) mass is 500 g/mol. The molecule has 0 bridgehead atoms. The van der Waals surface area contributed by atoms with E-state index in [-0.39, 0.29) is 17.4 Å². The molecule has 1 saturated heterocycles. The Morgan fingerprint density at radius 3 is 2.30 bits per heavy atom. The first-order chi connectivity index (χ1) is 17.9. The predicted molar refractivity (Wildman–Crippen MR) is 148 cm³/mol. The largest absolute Gasteiger partial charge is 0.369 e. The second-order valence-corrected chi connectivity index (χ2v) is 8.80. The zero-order valence-corrected chi connectivity index (χ0v) is 21.1. The minimum atomic E-state index is -0.667. The summed E-state index contributed by atoms with van der Waals surface area (Å²) in [6.07, 6.45) is 1.74. The van der Waals surface area contributed by atoms with E-state index in [0.717, 1.165) is 37.6 Å². The third kappa shape index (κ3) is 6.42. The molecule has 0 unspecified atom stereocenters. The minimum absolute atomic E-state index is 0.0672. The highest BCUT2D eigenvalue weighted by Crippen LogP contribution is 2.27. The van der Waals surface area contributed by atoms with Crippen molar-refractivity contribution in [3.8, 4) is 0 Å². The van der Waals surface area contributed by atoms with Gasteiger partial charge in [-0.2, -0.15) is 0 Å². The number of rotatable bonds is 9. The molecule has 0 radical (unpaired) electrons. The number of likely N-dealkylation sites (N-methyl/N-ethyl adjacent to an activating group) is 1. The Morgan fingerprint density at radius 1 is 0.973 bits per heavy atom. The number of benzene rings is 2. The number of nitrogens with one attached hydrogen (secondary N) is 3. The standard InChI is InChI=1S/C27H32N8O2/c1-4-22-26(31-20-8-6-7-19(17-20)29-23(36)5-2)33-27(24(32-22)25(28)37)30-18-9-11-21(12-10-18)35-15-13-34(3)14-16-35/h5-12,17H,2,4,13-16H2,1,3H3,(H2,28,37)(H,29,36)(H2,30,31,33). The van der Waals surface area contributed by atoms with Crippen LogP contribution in [0.2, 0.25) is 0 Å². The Balaban J connectivity index is 1.58. The van der Waals surface area contributed by atoms with Crippen LogP contribution in [0.15, 0.2) is 61.2 Å². The lowest BCUT2D eigenvalue weighted by molar-refractivity contribution is -0.111. The summed E-state index contributed by atoms with van der Waals surface area (Å²) >= 11 is 0. The molecule has 192 valence electrons. The highest BCUT2D eigenvalue weighted by Gasteiger charge is 2.18. The Kier molecular flexibility index (Phi) is 7.99. The molecule has 10 heteroatoms. The van der Waals surface area contributed by atoms with E-state index in [1.54, 1.807) is 18.2 Å². The van der Waals surface area contributed by atoms with E-state index in [2.05, 4.69) is 49.3 Å². The maximum Gasteiger partial charge on any atom is 0.271 e. The van der Waals surface area contributed by atoms with Gasteiger partial charge in [-0.1, -0.05) is 19.6 Å².